The summed E-state index contributed by atoms with van der Waals surface area (Å²) >= 11 is 11.8. The van der Waals surface area contributed by atoms with E-state index in [1.165, 1.54) is 6.07 Å². The number of ether oxygens (including phenoxy) is 1. The molecule has 0 bridgehead atoms. The van der Waals surface area contributed by atoms with Gasteiger partial charge in [-0.25, -0.2) is 4.39 Å². The number of carbonyl (C=O) groups excluding carboxylic acids is 1. The summed E-state index contributed by atoms with van der Waals surface area (Å²) in [5.74, 6) is 0.00409. The quantitative estimate of drug-likeness (QED) is 0.689. The molecule has 3 atom stereocenters. The Balaban J connectivity index is 1.47. The Hall–Kier alpha value is -1.70. The molecule has 0 spiro atoms. The maximum Gasteiger partial charge on any atom is 0.228 e. The minimum absolute atomic E-state index is 0.0617. The van der Waals surface area contributed by atoms with E-state index >= 15 is 0 Å². The van der Waals surface area contributed by atoms with Crippen LogP contribution in [0.3, 0.4) is 0 Å². The summed E-state index contributed by atoms with van der Waals surface area (Å²) < 4.78 is 24.8. The van der Waals surface area contributed by atoms with E-state index in [9.17, 15) is 9.18 Å². The van der Waals surface area contributed by atoms with Gasteiger partial charge in [0.1, 0.15) is 5.82 Å². The second kappa shape index (κ2) is 6.65. The molecule has 1 aliphatic carbocycles. The van der Waals surface area contributed by atoms with Gasteiger partial charge in [0.25, 0.3) is 0 Å². The fourth-order valence-electron chi connectivity index (χ4n) is 5.16. The Kier molecular flexibility index (Phi) is 4.42. The minimum Gasteiger partial charge on any atom is -0.379 e. The molecule has 0 N–H and O–H groups in total. The molecule has 29 heavy (non-hydrogen) atoms. The summed E-state index contributed by atoms with van der Waals surface area (Å²) in [5.41, 5.74) is 2.39. The second-order valence-electron chi connectivity index (χ2n) is 8.50. The number of fused-ring (bicyclic) bond motifs is 3. The number of benzene rings is 1. The Morgan fingerprint density at radius 2 is 2.28 bits per heavy atom. The van der Waals surface area contributed by atoms with E-state index in [-0.39, 0.29) is 29.1 Å². The summed E-state index contributed by atoms with van der Waals surface area (Å²) in [6.45, 7) is 1.93. The highest BCUT2D eigenvalue weighted by Gasteiger charge is 2.63. The number of amides is 1. The predicted molar refractivity (Wildman–Crippen MR) is 110 cm³/mol. The predicted octanol–water partition coefficient (Wildman–Crippen LogP) is 3.58. The van der Waals surface area contributed by atoms with Crippen molar-refractivity contribution in [1.29, 1.82) is 0 Å². The second-order valence-corrected chi connectivity index (χ2v) is 9.30. The van der Waals surface area contributed by atoms with Crippen LogP contribution in [-0.4, -0.2) is 46.2 Å². The van der Waals surface area contributed by atoms with Crippen LogP contribution >= 0.6 is 23.8 Å². The van der Waals surface area contributed by atoms with Crippen LogP contribution in [0, 0.1) is 10.6 Å². The first kappa shape index (κ1) is 19.3. The third-order valence-corrected chi connectivity index (χ3v) is 7.71. The molecule has 1 amide bonds. The lowest BCUT2D eigenvalue weighted by Crippen LogP contribution is -2.38. The number of nitrogens with zero attached hydrogens (tertiary/aromatic N) is 3. The third kappa shape index (κ3) is 2.81. The van der Waals surface area contributed by atoms with Crippen molar-refractivity contribution in [2.24, 2.45) is 7.05 Å². The SMILES string of the molecule is CN(C(=O)Cc1c2n(c(=S)n1C)C[C@@]1(c3cc(Cl)ccc3F)CC21)[C@@H]1CCOC1. The Bertz CT molecular complexity index is 1070. The first-order chi connectivity index (χ1) is 13.8. The van der Waals surface area contributed by atoms with Gasteiger partial charge in [0.2, 0.25) is 5.91 Å². The van der Waals surface area contributed by atoms with E-state index in [2.05, 4.69) is 4.57 Å². The average molecular weight is 436 g/mol. The Labute approximate surface area is 179 Å². The standard InChI is InChI=1S/C21H23ClFN3O2S/c1-24(13-5-6-28-10-13)18(27)8-17-19-15-9-21(15,11-26(19)20(29)25(17)2)14-7-12(22)3-4-16(14)23/h3-4,7,13,15H,5-6,8-11H2,1-2H3/t13-,15?,21-/m1/s1. The minimum atomic E-state index is -0.296. The summed E-state index contributed by atoms with van der Waals surface area (Å²) in [7, 11) is 3.76. The van der Waals surface area contributed by atoms with Crippen molar-refractivity contribution in [2.45, 2.75) is 43.2 Å². The summed E-state index contributed by atoms with van der Waals surface area (Å²) in [5, 5.41) is 0.540. The van der Waals surface area contributed by atoms with E-state index in [0.717, 1.165) is 24.2 Å². The highest BCUT2D eigenvalue weighted by molar-refractivity contribution is 7.71. The number of rotatable bonds is 4. The van der Waals surface area contributed by atoms with Crippen LogP contribution in [0.5, 0.6) is 0 Å². The molecular weight excluding hydrogens is 413 g/mol. The molecule has 1 saturated carbocycles. The molecule has 154 valence electrons. The summed E-state index contributed by atoms with van der Waals surface area (Å²) in [6, 6.07) is 4.89. The summed E-state index contributed by atoms with van der Waals surface area (Å²) in [4.78, 5) is 14.8. The van der Waals surface area contributed by atoms with Crippen LogP contribution in [0.2, 0.25) is 5.02 Å². The lowest BCUT2D eigenvalue weighted by atomic mass is 9.93. The molecule has 1 aromatic heterocycles. The van der Waals surface area contributed by atoms with E-state index < -0.39 is 0 Å². The smallest absolute Gasteiger partial charge is 0.228 e. The highest BCUT2D eigenvalue weighted by Crippen LogP contribution is 2.66. The molecular formula is C21H23ClFN3O2S. The van der Waals surface area contributed by atoms with Crippen LogP contribution in [0.25, 0.3) is 0 Å². The largest absolute Gasteiger partial charge is 0.379 e. The molecule has 3 heterocycles. The van der Waals surface area contributed by atoms with Crippen LogP contribution < -0.4 is 0 Å². The lowest BCUT2D eigenvalue weighted by molar-refractivity contribution is -0.131. The first-order valence-corrected chi connectivity index (χ1v) is 10.7. The fourth-order valence-corrected chi connectivity index (χ4v) is 5.61. The number of hydrogen-bond donors (Lipinski definition) is 0. The molecule has 5 rings (SSSR count). The van der Waals surface area contributed by atoms with Crippen molar-refractivity contribution in [2.75, 3.05) is 20.3 Å². The molecule has 2 fully saturated rings. The monoisotopic (exact) mass is 435 g/mol. The van der Waals surface area contributed by atoms with E-state index in [1.807, 2.05) is 18.7 Å². The van der Waals surface area contributed by atoms with Gasteiger partial charge in [0.05, 0.1) is 19.1 Å². The van der Waals surface area contributed by atoms with E-state index in [4.69, 9.17) is 28.6 Å². The van der Waals surface area contributed by atoms with Gasteiger partial charge in [0.15, 0.2) is 4.77 Å². The van der Waals surface area contributed by atoms with Gasteiger partial charge in [-0.2, -0.15) is 0 Å². The van der Waals surface area contributed by atoms with Crippen molar-refractivity contribution in [3.05, 3.63) is 50.8 Å². The number of imidazole rings is 1. The topological polar surface area (TPSA) is 39.4 Å². The third-order valence-electron chi connectivity index (χ3n) is 6.99. The van der Waals surface area contributed by atoms with Gasteiger partial charge in [0, 0.05) is 55.0 Å². The van der Waals surface area contributed by atoms with Crippen molar-refractivity contribution < 1.29 is 13.9 Å². The zero-order valence-corrected chi connectivity index (χ0v) is 18.0. The molecule has 1 saturated heterocycles. The number of aromatic nitrogens is 2. The maximum absolute atomic E-state index is 14.6. The van der Waals surface area contributed by atoms with Crippen LogP contribution in [-0.2, 0) is 35.0 Å². The maximum atomic E-state index is 14.6. The van der Waals surface area contributed by atoms with Crippen LogP contribution in [0.4, 0.5) is 4.39 Å². The molecule has 1 unspecified atom stereocenters. The van der Waals surface area contributed by atoms with Gasteiger partial charge in [-0.1, -0.05) is 11.6 Å². The number of halogens is 2. The van der Waals surface area contributed by atoms with Gasteiger partial charge in [-0.15, -0.1) is 0 Å². The van der Waals surface area contributed by atoms with Gasteiger partial charge < -0.3 is 18.8 Å². The molecule has 1 aromatic carbocycles. The average Bonchev–Trinajstić information content (AvgIpc) is 3.02. The lowest BCUT2D eigenvalue weighted by Gasteiger charge is -2.23. The molecule has 2 aromatic rings. The number of likely N-dealkylation sites (N-methyl/N-ethyl adjacent to an activating group) is 1. The van der Waals surface area contributed by atoms with Crippen molar-refractivity contribution in [3.8, 4) is 0 Å². The van der Waals surface area contributed by atoms with Gasteiger partial charge in [-0.3, -0.25) is 4.79 Å². The van der Waals surface area contributed by atoms with Crippen molar-refractivity contribution in [3.63, 3.8) is 0 Å². The van der Waals surface area contributed by atoms with Crippen LogP contribution in [0.15, 0.2) is 18.2 Å². The van der Waals surface area contributed by atoms with Gasteiger partial charge >= 0.3 is 0 Å². The molecule has 3 aliphatic rings. The van der Waals surface area contributed by atoms with Crippen molar-refractivity contribution in [1.82, 2.24) is 14.0 Å². The van der Waals surface area contributed by atoms with Crippen LogP contribution in [0.1, 0.15) is 35.7 Å². The van der Waals surface area contributed by atoms with Gasteiger partial charge in [-0.05, 0) is 48.8 Å². The fraction of sp³-hybridized carbons (Fsp3) is 0.524. The number of hydrogen-bond acceptors (Lipinski definition) is 3. The molecule has 0 radical (unpaired) electrons. The number of carbonyl (C=O) groups is 1. The molecule has 8 heteroatoms. The highest BCUT2D eigenvalue weighted by atomic mass is 35.5. The van der Waals surface area contributed by atoms with E-state index in [1.54, 1.807) is 17.0 Å². The normalized spacial score (nSPS) is 27.0. The summed E-state index contributed by atoms with van der Waals surface area (Å²) in [6.07, 6.45) is 2.02. The molecule has 5 nitrogen and oxygen atoms in total. The van der Waals surface area contributed by atoms with Crippen molar-refractivity contribution >= 4 is 29.7 Å². The molecule has 2 aliphatic heterocycles. The van der Waals surface area contributed by atoms with E-state index in [0.29, 0.717) is 41.5 Å². The Morgan fingerprint density at radius 1 is 1.48 bits per heavy atom. The Morgan fingerprint density at radius 3 is 3.00 bits per heavy atom. The zero-order valence-electron chi connectivity index (χ0n) is 16.5. The first-order valence-electron chi connectivity index (χ1n) is 9.90. The zero-order chi connectivity index (χ0) is 20.5.